The van der Waals surface area contributed by atoms with Gasteiger partial charge < -0.3 is 10.6 Å². The molecule has 1 aromatic rings. The maximum atomic E-state index is 14.2. The van der Waals surface area contributed by atoms with Crippen LogP contribution in [0.5, 0.6) is 0 Å². The minimum atomic E-state index is -0.0936. The van der Waals surface area contributed by atoms with Gasteiger partial charge in [-0.15, -0.1) is 0 Å². The van der Waals surface area contributed by atoms with Gasteiger partial charge in [-0.1, -0.05) is 19.4 Å². The van der Waals surface area contributed by atoms with Crippen LogP contribution in [-0.4, -0.2) is 19.1 Å². The Balaban J connectivity index is 2.13. The van der Waals surface area contributed by atoms with Crippen molar-refractivity contribution in [3.63, 3.8) is 0 Å². The summed E-state index contributed by atoms with van der Waals surface area (Å²) in [6, 6.07) is 6.14. The van der Waals surface area contributed by atoms with E-state index in [1.165, 1.54) is 12.8 Å². The molecule has 0 aliphatic heterocycles. The van der Waals surface area contributed by atoms with Gasteiger partial charge in [0.2, 0.25) is 0 Å². The topological polar surface area (TPSA) is 29.3 Å². The van der Waals surface area contributed by atoms with Crippen molar-refractivity contribution in [1.82, 2.24) is 0 Å². The zero-order valence-electron chi connectivity index (χ0n) is 11.2. The van der Waals surface area contributed by atoms with Gasteiger partial charge in [0, 0.05) is 12.6 Å². The van der Waals surface area contributed by atoms with Crippen LogP contribution >= 0.6 is 0 Å². The molecule has 2 rings (SSSR count). The Kier molecular flexibility index (Phi) is 4.59. The molecule has 0 saturated heterocycles. The minimum absolute atomic E-state index is 0.0936. The molecule has 0 unspecified atom stereocenters. The molecule has 1 fully saturated rings. The summed E-state index contributed by atoms with van der Waals surface area (Å²) < 4.78 is 14.2. The average molecular weight is 250 g/mol. The molecule has 1 aromatic carbocycles. The zero-order chi connectivity index (χ0) is 13.0. The van der Waals surface area contributed by atoms with E-state index in [-0.39, 0.29) is 5.82 Å². The minimum Gasteiger partial charge on any atom is -0.366 e. The Morgan fingerprint density at radius 3 is 2.72 bits per heavy atom. The number of halogens is 1. The highest BCUT2D eigenvalue weighted by Crippen LogP contribution is 2.33. The fourth-order valence-electron chi connectivity index (χ4n) is 2.32. The van der Waals surface area contributed by atoms with Crippen molar-refractivity contribution >= 4 is 5.69 Å². The van der Waals surface area contributed by atoms with E-state index in [4.69, 9.17) is 5.73 Å². The standard InChI is InChI=1S/C15H23FN2/c1-2-3-10-18(13-5-6-13)15-7-4-12(8-9-17)11-14(15)16/h4,7,11,13H,2-3,5-6,8-10,17H2,1H3. The molecule has 1 saturated carbocycles. The van der Waals surface area contributed by atoms with Crippen molar-refractivity contribution in [2.75, 3.05) is 18.0 Å². The van der Waals surface area contributed by atoms with Gasteiger partial charge in [0.25, 0.3) is 0 Å². The normalized spacial score (nSPS) is 14.8. The Bertz CT molecular complexity index is 388. The molecule has 0 heterocycles. The van der Waals surface area contributed by atoms with Crippen LogP contribution in [0.15, 0.2) is 18.2 Å². The highest BCUT2D eigenvalue weighted by atomic mass is 19.1. The van der Waals surface area contributed by atoms with Crippen LogP contribution < -0.4 is 10.6 Å². The summed E-state index contributed by atoms with van der Waals surface area (Å²) in [6.07, 6.45) is 5.42. The fraction of sp³-hybridized carbons (Fsp3) is 0.600. The SMILES string of the molecule is CCCCN(c1ccc(CCN)cc1F)C1CC1. The third kappa shape index (κ3) is 3.22. The predicted octanol–water partition coefficient (Wildman–Crippen LogP) is 3.10. The summed E-state index contributed by atoms with van der Waals surface area (Å²) in [7, 11) is 0. The lowest BCUT2D eigenvalue weighted by Gasteiger charge is -2.25. The molecule has 0 aromatic heterocycles. The summed E-state index contributed by atoms with van der Waals surface area (Å²) in [5, 5.41) is 0. The Labute approximate surface area is 109 Å². The van der Waals surface area contributed by atoms with E-state index in [1.54, 1.807) is 6.07 Å². The van der Waals surface area contributed by atoms with Crippen molar-refractivity contribution < 1.29 is 4.39 Å². The first-order valence-corrected chi connectivity index (χ1v) is 7.01. The summed E-state index contributed by atoms with van der Waals surface area (Å²) in [4.78, 5) is 2.24. The molecule has 1 aliphatic rings. The molecule has 18 heavy (non-hydrogen) atoms. The molecule has 1 aliphatic carbocycles. The smallest absolute Gasteiger partial charge is 0.146 e. The fourth-order valence-corrected chi connectivity index (χ4v) is 2.32. The van der Waals surface area contributed by atoms with Crippen molar-refractivity contribution in [3.05, 3.63) is 29.6 Å². The molecule has 0 bridgehead atoms. The number of benzene rings is 1. The number of rotatable bonds is 7. The van der Waals surface area contributed by atoms with E-state index in [0.29, 0.717) is 12.6 Å². The monoisotopic (exact) mass is 250 g/mol. The third-order valence-corrected chi connectivity index (χ3v) is 3.49. The molecule has 0 atom stereocenters. The van der Waals surface area contributed by atoms with Crippen LogP contribution in [0.3, 0.4) is 0 Å². The number of anilines is 1. The van der Waals surface area contributed by atoms with Gasteiger partial charge in [0.05, 0.1) is 5.69 Å². The van der Waals surface area contributed by atoms with E-state index in [9.17, 15) is 4.39 Å². The van der Waals surface area contributed by atoms with Crippen LogP contribution in [-0.2, 0) is 6.42 Å². The maximum Gasteiger partial charge on any atom is 0.146 e. The maximum absolute atomic E-state index is 14.2. The first-order valence-electron chi connectivity index (χ1n) is 7.01. The molecule has 2 N–H and O–H groups in total. The molecular formula is C15H23FN2. The number of hydrogen-bond acceptors (Lipinski definition) is 2. The summed E-state index contributed by atoms with van der Waals surface area (Å²) in [5.41, 5.74) is 7.26. The van der Waals surface area contributed by atoms with Crippen LogP contribution in [0, 0.1) is 5.82 Å². The Morgan fingerprint density at radius 1 is 1.39 bits per heavy atom. The largest absolute Gasteiger partial charge is 0.366 e. The predicted molar refractivity (Wildman–Crippen MR) is 74.4 cm³/mol. The quantitative estimate of drug-likeness (QED) is 0.805. The van der Waals surface area contributed by atoms with Gasteiger partial charge in [0.1, 0.15) is 5.82 Å². The molecule has 0 radical (unpaired) electrons. The van der Waals surface area contributed by atoms with Gasteiger partial charge in [0.15, 0.2) is 0 Å². The molecule has 100 valence electrons. The van der Waals surface area contributed by atoms with E-state index >= 15 is 0 Å². The number of nitrogens with two attached hydrogens (primary N) is 1. The second-order valence-electron chi connectivity index (χ2n) is 5.10. The first-order chi connectivity index (χ1) is 8.76. The average Bonchev–Trinajstić information content (AvgIpc) is 3.17. The molecule has 2 nitrogen and oxygen atoms in total. The van der Waals surface area contributed by atoms with E-state index in [2.05, 4.69) is 11.8 Å². The van der Waals surface area contributed by atoms with Gasteiger partial charge in [-0.2, -0.15) is 0 Å². The van der Waals surface area contributed by atoms with Crippen LogP contribution in [0.25, 0.3) is 0 Å². The second kappa shape index (κ2) is 6.19. The van der Waals surface area contributed by atoms with Crippen molar-refractivity contribution in [3.8, 4) is 0 Å². The van der Waals surface area contributed by atoms with E-state index < -0.39 is 0 Å². The first kappa shape index (κ1) is 13.3. The number of unbranched alkanes of at least 4 members (excludes halogenated alkanes) is 1. The van der Waals surface area contributed by atoms with Gasteiger partial charge in [-0.25, -0.2) is 4.39 Å². The Hall–Kier alpha value is -1.09. The van der Waals surface area contributed by atoms with Crippen molar-refractivity contribution in [2.45, 2.75) is 45.1 Å². The van der Waals surface area contributed by atoms with Crippen LogP contribution in [0.1, 0.15) is 38.2 Å². The lowest BCUT2D eigenvalue weighted by molar-refractivity contribution is 0.607. The number of hydrogen-bond donors (Lipinski definition) is 1. The molecule has 3 heteroatoms. The molecule has 0 amide bonds. The summed E-state index contributed by atoms with van der Waals surface area (Å²) in [6.45, 7) is 3.71. The molecular weight excluding hydrogens is 227 g/mol. The van der Waals surface area contributed by atoms with Gasteiger partial charge in [-0.05, 0) is 49.9 Å². The van der Waals surface area contributed by atoms with E-state index in [1.807, 2.05) is 12.1 Å². The third-order valence-electron chi connectivity index (χ3n) is 3.49. The van der Waals surface area contributed by atoms with Gasteiger partial charge in [-0.3, -0.25) is 0 Å². The number of nitrogens with zero attached hydrogens (tertiary/aromatic N) is 1. The lowest BCUT2D eigenvalue weighted by atomic mass is 10.1. The van der Waals surface area contributed by atoms with Crippen LogP contribution in [0.2, 0.25) is 0 Å². The lowest BCUT2D eigenvalue weighted by Crippen LogP contribution is -2.27. The van der Waals surface area contributed by atoms with Crippen molar-refractivity contribution in [1.29, 1.82) is 0 Å². The van der Waals surface area contributed by atoms with Crippen molar-refractivity contribution in [2.24, 2.45) is 5.73 Å². The highest BCUT2D eigenvalue weighted by molar-refractivity contribution is 5.51. The van der Waals surface area contributed by atoms with Crippen LogP contribution in [0.4, 0.5) is 10.1 Å². The van der Waals surface area contributed by atoms with E-state index in [0.717, 1.165) is 37.1 Å². The van der Waals surface area contributed by atoms with Gasteiger partial charge >= 0.3 is 0 Å². The highest BCUT2D eigenvalue weighted by Gasteiger charge is 2.30. The summed E-state index contributed by atoms with van der Waals surface area (Å²) in [5.74, 6) is -0.0936. The summed E-state index contributed by atoms with van der Waals surface area (Å²) >= 11 is 0. The Morgan fingerprint density at radius 2 is 2.17 bits per heavy atom. The zero-order valence-corrected chi connectivity index (χ0v) is 11.2. The second-order valence-corrected chi connectivity index (χ2v) is 5.10. The molecule has 0 spiro atoms.